The summed E-state index contributed by atoms with van der Waals surface area (Å²) in [4.78, 5) is 16.8. The molecule has 0 fully saturated rings. The van der Waals surface area contributed by atoms with Crippen molar-refractivity contribution in [2.24, 2.45) is 0 Å². The van der Waals surface area contributed by atoms with Crippen molar-refractivity contribution >= 4 is 24.4 Å². The summed E-state index contributed by atoms with van der Waals surface area (Å²) in [5.41, 5.74) is 4.99. The maximum atomic E-state index is 13.0. The summed E-state index contributed by atoms with van der Waals surface area (Å²) in [6.07, 6.45) is 2.11. The lowest BCUT2D eigenvalue weighted by Crippen LogP contribution is -2.09. The van der Waals surface area contributed by atoms with Crippen molar-refractivity contribution in [3.63, 3.8) is 0 Å². The Morgan fingerprint density at radius 1 is 0.912 bits per heavy atom. The first-order valence-corrected chi connectivity index (χ1v) is 13.0. The Kier molecular flexibility index (Phi) is 6.24. The van der Waals surface area contributed by atoms with Crippen LogP contribution in [0.15, 0.2) is 60.9 Å². The molecule has 0 saturated carbocycles. The first-order valence-electron chi connectivity index (χ1n) is 11.2. The molecule has 10 heteroatoms. The Bertz CT molecular complexity index is 1450. The zero-order valence-electron chi connectivity index (χ0n) is 19.0. The third-order valence-corrected chi connectivity index (χ3v) is 7.52. The monoisotopic (exact) mass is 476 g/mol. The van der Waals surface area contributed by atoms with E-state index >= 15 is 0 Å². The molecular weight excluding hydrogens is 451 g/mol. The molecule has 174 valence electrons. The van der Waals surface area contributed by atoms with Crippen molar-refractivity contribution in [1.29, 1.82) is 0 Å². The van der Waals surface area contributed by atoms with E-state index in [1.54, 1.807) is 24.7 Å². The van der Waals surface area contributed by atoms with Gasteiger partial charge in [0.05, 0.1) is 25.7 Å². The maximum absolute atomic E-state index is 13.0. The van der Waals surface area contributed by atoms with E-state index in [2.05, 4.69) is 39.2 Å². The van der Waals surface area contributed by atoms with Gasteiger partial charge in [-0.1, -0.05) is 54.6 Å². The summed E-state index contributed by atoms with van der Waals surface area (Å²) in [7, 11) is -3.22. The third kappa shape index (κ3) is 4.37. The molecule has 5 rings (SSSR count). The first kappa shape index (κ1) is 22.4. The molecule has 3 aromatic heterocycles. The smallest absolute Gasteiger partial charge is 0.331 e. The Balaban J connectivity index is 1.51. The molecule has 0 aliphatic rings. The summed E-state index contributed by atoms with van der Waals surface area (Å²) >= 11 is 0. The Morgan fingerprint density at radius 2 is 1.59 bits per heavy atom. The molecule has 1 N–H and O–H groups in total. The lowest BCUT2D eigenvalue weighted by Gasteiger charge is -2.16. The Morgan fingerprint density at radius 3 is 2.29 bits per heavy atom. The van der Waals surface area contributed by atoms with E-state index in [4.69, 9.17) is 19.1 Å². The molecule has 0 radical (unpaired) electrons. The van der Waals surface area contributed by atoms with Crippen LogP contribution in [0.4, 0.5) is 0 Å². The van der Waals surface area contributed by atoms with Gasteiger partial charge >= 0.3 is 7.60 Å². The van der Waals surface area contributed by atoms with Gasteiger partial charge in [-0.3, -0.25) is 4.57 Å². The van der Waals surface area contributed by atoms with Crippen molar-refractivity contribution in [3.05, 3.63) is 66.7 Å². The fourth-order valence-corrected chi connectivity index (χ4v) is 5.48. The van der Waals surface area contributed by atoms with Crippen molar-refractivity contribution < 1.29 is 13.6 Å². The molecule has 0 amide bonds. The lowest BCUT2D eigenvalue weighted by molar-refractivity contribution is 0.220. The summed E-state index contributed by atoms with van der Waals surface area (Å²) < 4.78 is 25.5. The Hall–Kier alpha value is -3.39. The minimum atomic E-state index is -3.22. The number of H-pyrrole nitrogens is 1. The molecule has 9 nitrogen and oxygen atoms in total. The van der Waals surface area contributed by atoms with Gasteiger partial charge in [0.25, 0.3) is 0 Å². The standard InChI is InChI=1S/C24H25N6O3P/c1-3-32-34(31,33-4-2)15-14-20-27-23-21(25-16-26-23)24-28-22(29-30(20)24)19-12-10-18(11-13-19)17-8-6-5-7-9-17/h5-13,16H,3-4,14-15H2,1-2H3,(H,25,26). The second kappa shape index (κ2) is 9.46. The normalized spacial score (nSPS) is 12.1. The second-order valence-corrected chi connectivity index (χ2v) is 9.85. The molecule has 0 aliphatic carbocycles. The van der Waals surface area contributed by atoms with Crippen molar-refractivity contribution in [3.8, 4) is 22.5 Å². The largest absolute Gasteiger partial charge is 0.340 e. The molecule has 0 spiro atoms. The number of aromatic nitrogens is 6. The molecule has 0 saturated heterocycles. The van der Waals surface area contributed by atoms with Gasteiger partial charge < -0.3 is 14.0 Å². The number of aromatic amines is 1. The first-order chi connectivity index (χ1) is 16.6. The van der Waals surface area contributed by atoms with Gasteiger partial charge in [0.2, 0.25) is 0 Å². The van der Waals surface area contributed by atoms with Crippen LogP contribution >= 0.6 is 7.60 Å². The van der Waals surface area contributed by atoms with Crippen molar-refractivity contribution in [1.82, 2.24) is 29.5 Å². The number of nitrogens with zero attached hydrogens (tertiary/aromatic N) is 5. The van der Waals surface area contributed by atoms with Crippen molar-refractivity contribution in [2.75, 3.05) is 19.4 Å². The van der Waals surface area contributed by atoms with Crippen molar-refractivity contribution in [2.45, 2.75) is 20.3 Å². The average Bonchev–Trinajstić information content (AvgIpc) is 3.51. The van der Waals surface area contributed by atoms with Gasteiger partial charge in [-0.25, -0.2) is 15.0 Å². The van der Waals surface area contributed by atoms with Gasteiger partial charge in [0.1, 0.15) is 11.3 Å². The molecule has 0 bridgehead atoms. The van der Waals surface area contributed by atoms with Crippen LogP contribution in [-0.4, -0.2) is 48.9 Å². The van der Waals surface area contributed by atoms with E-state index in [1.165, 1.54) is 0 Å². The fraction of sp³-hybridized carbons (Fsp3) is 0.250. The van der Waals surface area contributed by atoms with Crippen LogP contribution in [0.2, 0.25) is 0 Å². The SMILES string of the molecule is CCOP(=O)(CCc1nc2nc[nH]c2c2nc(-c3ccc(-c4ccccc4)cc3)nn12)OCC. The molecule has 0 unspecified atom stereocenters. The van der Waals surface area contributed by atoms with Crippen LogP contribution in [0.5, 0.6) is 0 Å². The molecule has 34 heavy (non-hydrogen) atoms. The molecular formula is C24H25N6O3P. The number of imidazole rings is 1. The van der Waals surface area contributed by atoms with E-state index < -0.39 is 7.60 Å². The van der Waals surface area contributed by atoms with Crippen LogP contribution in [0, 0.1) is 0 Å². The lowest BCUT2D eigenvalue weighted by atomic mass is 10.0. The van der Waals surface area contributed by atoms with Crippen LogP contribution in [0.1, 0.15) is 19.7 Å². The highest BCUT2D eigenvalue weighted by molar-refractivity contribution is 7.53. The van der Waals surface area contributed by atoms with Gasteiger partial charge in [-0.05, 0) is 25.0 Å². The number of fused-ring (bicyclic) bond motifs is 3. The zero-order valence-corrected chi connectivity index (χ0v) is 19.9. The van der Waals surface area contributed by atoms with E-state index in [0.717, 1.165) is 16.7 Å². The summed E-state index contributed by atoms with van der Waals surface area (Å²) in [5.74, 6) is 1.16. The van der Waals surface area contributed by atoms with Gasteiger partial charge in [-0.2, -0.15) is 4.52 Å². The number of benzene rings is 2. The Labute approximate surface area is 196 Å². The number of hydrogen-bond acceptors (Lipinski definition) is 7. The van der Waals surface area contributed by atoms with Crippen LogP contribution in [0.3, 0.4) is 0 Å². The fourth-order valence-electron chi connectivity index (χ4n) is 3.88. The third-order valence-electron chi connectivity index (χ3n) is 5.44. The maximum Gasteiger partial charge on any atom is 0.331 e. The van der Waals surface area contributed by atoms with Crippen LogP contribution < -0.4 is 0 Å². The zero-order chi connectivity index (χ0) is 23.5. The predicted molar refractivity (Wildman–Crippen MR) is 131 cm³/mol. The van der Waals surface area contributed by atoms with Crippen LogP contribution in [-0.2, 0) is 20.0 Å². The van der Waals surface area contributed by atoms with E-state index in [9.17, 15) is 4.57 Å². The second-order valence-electron chi connectivity index (χ2n) is 7.66. The number of aryl methyl sites for hydroxylation is 1. The number of hydrogen-bond donors (Lipinski definition) is 1. The highest BCUT2D eigenvalue weighted by Crippen LogP contribution is 2.48. The van der Waals surface area contributed by atoms with Gasteiger partial charge in [0.15, 0.2) is 17.1 Å². The molecule has 0 aliphatic heterocycles. The quantitative estimate of drug-likeness (QED) is 0.293. The minimum absolute atomic E-state index is 0.188. The average molecular weight is 476 g/mol. The predicted octanol–water partition coefficient (Wildman–Crippen LogP) is 5.14. The minimum Gasteiger partial charge on any atom is -0.340 e. The number of nitrogens with one attached hydrogen (secondary N) is 1. The summed E-state index contributed by atoms with van der Waals surface area (Å²) in [6.45, 7) is 4.21. The van der Waals surface area contributed by atoms with E-state index in [-0.39, 0.29) is 6.16 Å². The van der Waals surface area contributed by atoms with E-state index in [1.807, 2.05) is 30.3 Å². The van der Waals surface area contributed by atoms with Gasteiger partial charge in [-0.15, -0.1) is 5.10 Å². The molecule has 3 heterocycles. The van der Waals surface area contributed by atoms with Crippen LogP contribution in [0.25, 0.3) is 39.3 Å². The van der Waals surface area contributed by atoms with Gasteiger partial charge in [0, 0.05) is 12.0 Å². The highest BCUT2D eigenvalue weighted by Gasteiger charge is 2.25. The van der Waals surface area contributed by atoms with E-state index in [0.29, 0.717) is 48.1 Å². The molecule has 2 aromatic carbocycles. The summed E-state index contributed by atoms with van der Waals surface area (Å²) in [6, 6.07) is 18.3. The number of rotatable bonds is 9. The molecule has 5 aromatic rings. The summed E-state index contributed by atoms with van der Waals surface area (Å²) in [5, 5.41) is 4.73. The highest BCUT2D eigenvalue weighted by atomic mass is 31.2. The molecule has 0 atom stereocenters. The topological polar surface area (TPSA) is 107 Å².